The van der Waals surface area contributed by atoms with Crippen molar-refractivity contribution in [3.8, 4) is 5.75 Å². The molecule has 1 aliphatic rings. The highest BCUT2D eigenvalue weighted by Crippen LogP contribution is 2.35. The van der Waals surface area contributed by atoms with Crippen molar-refractivity contribution < 1.29 is 9.90 Å². The lowest BCUT2D eigenvalue weighted by atomic mass is 10.0. The highest BCUT2D eigenvalue weighted by atomic mass is 35.5. The number of aryl methyl sites for hydroxylation is 2. The van der Waals surface area contributed by atoms with E-state index in [1.54, 1.807) is 18.2 Å². The number of halogens is 1. The molecule has 1 heterocycles. The summed E-state index contributed by atoms with van der Waals surface area (Å²) in [7, 11) is 0. The van der Waals surface area contributed by atoms with Gasteiger partial charge in [-0.05, 0) is 66.9 Å². The average molecular weight is 300 g/mol. The highest BCUT2D eigenvalue weighted by molar-refractivity contribution is 6.36. The van der Waals surface area contributed by atoms with Crippen LogP contribution in [0.2, 0.25) is 5.02 Å². The fourth-order valence-corrected chi connectivity index (χ4v) is 2.72. The van der Waals surface area contributed by atoms with Crippen LogP contribution in [0.1, 0.15) is 22.3 Å². The van der Waals surface area contributed by atoms with Gasteiger partial charge in [-0.3, -0.25) is 4.79 Å². The van der Waals surface area contributed by atoms with E-state index in [-0.39, 0.29) is 11.7 Å². The van der Waals surface area contributed by atoms with Crippen molar-refractivity contribution in [3.63, 3.8) is 0 Å². The van der Waals surface area contributed by atoms with Crippen LogP contribution >= 0.6 is 11.6 Å². The minimum absolute atomic E-state index is 0.143. The minimum Gasteiger partial charge on any atom is -0.507 e. The predicted octanol–water partition coefficient (Wildman–Crippen LogP) is 4.16. The first-order valence-electron chi connectivity index (χ1n) is 6.59. The molecular formula is C17H14ClNO2. The van der Waals surface area contributed by atoms with E-state index in [1.807, 2.05) is 32.1 Å². The van der Waals surface area contributed by atoms with Crippen LogP contribution in [0.3, 0.4) is 0 Å². The maximum Gasteiger partial charge on any atom is 0.256 e. The lowest BCUT2D eigenvalue weighted by Crippen LogP contribution is -2.03. The van der Waals surface area contributed by atoms with Crippen molar-refractivity contribution in [2.24, 2.45) is 0 Å². The van der Waals surface area contributed by atoms with Gasteiger partial charge in [0, 0.05) is 21.8 Å². The summed E-state index contributed by atoms with van der Waals surface area (Å²) in [5.74, 6) is 0.145. The van der Waals surface area contributed by atoms with Crippen LogP contribution in [-0.4, -0.2) is 11.0 Å². The summed E-state index contributed by atoms with van der Waals surface area (Å²) in [5.41, 5.74) is 4.59. The van der Waals surface area contributed by atoms with Gasteiger partial charge in [0.1, 0.15) is 5.75 Å². The predicted molar refractivity (Wildman–Crippen MR) is 85.5 cm³/mol. The van der Waals surface area contributed by atoms with Gasteiger partial charge < -0.3 is 10.4 Å². The number of carbonyl (C=O) groups is 1. The monoisotopic (exact) mass is 299 g/mol. The molecule has 0 atom stereocenters. The minimum atomic E-state index is -0.143. The quantitative estimate of drug-likeness (QED) is 0.777. The molecule has 0 radical (unpaired) electrons. The maximum absolute atomic E-state index is 12.1. The summed E-state index contributed by atoms with van der Waals surface area (Å²) in [4.78, 5) is 12.1. The molecule has 3 nitrogen and oxygen atoms in total. The molecule has 2 aromatic rings. The largest absolute Gasteiger partial charge is 0.507 e. The third-order valence-corrected chi connectivity index (χ3v) is 3.82. The molecule has 0 saturated carbocycles. The van der Waals surface area contributed by atoms with E-state index >= 15 is 0 Å². The van der Waals surface area contributed by atoms with E-state index in [2.05, 4.69) is 5.32 Å². The first-order valence-corrected chi connectivity index (χ1v) is 6.96. The number of benzene rings is 2. The first-order chi connectivity index (χ1) is 9.95. The normalized spacial score (nSPS) is 15.2. The van der Waals surface area contributed by atoms with Crippen molar-refractivity contribution in [3.05, 3.63) is 57.6 Å². The van der Waals surface area contributed by atoms with Crippen LogP contribution in [0.5, 0.6) is 5.75 Å². The van der Waals surface area contributed by atoms with Gasteiger partial charge >= 0.3 is 0 Å². The third-order valence-electron chi connectivity index (χ3n) is 3.59. The van der Waals surface area contributed by atoms with Gasteiger partial charge in [-0.1, -0.05) is 11.6 Å². The second-order valence-electron chi connectivity index (χ2n) is 5.21. The van der Waals surface area contributed by atoms with Crippen LogP contribution in [0.4, 0.5) is 5.69 Å². The number of aromatic hydroxyl groups is 1. The first kappa shape index (κ1) is 13.7. The molecule has 1 aliphatic heterocycles. The highest BCUT2D eigenvalue weighted by Gasteiger charge is 2.24. The van der Waals surface area contributed by atoms with Gasteiger partial charge in [-0.15, -0.1) is 0 Å². The molecule has 0 spiro atoms. The van der Waals surface area contributed by atoms with E-state index in [1.165, 1.54) is 0 Å². The Bertz CT molecular complexity index is 770. The fraction of sp³-hybridized carbons (Fsp3) is 0.118. The van der Waals surface area contributed by atoms with Crippen molar-refractivity contribution in [1.29, 1.82) is 0 Å². The molecule has 2 aromatic carbocycles. The summed E-state index contributed by atoms with van der Waals surface area (Å²) in [5, 5.41) is 13.2. The molecule has 3 rings (SSSR count). The summed E-state index contributed by atoms with van der Waals surface area (Å²) >= 11 is 6.01. The molecule has 0 aliphatic carbocycles. The Labute approximate surface area is 127 Å². The number of phenolic OH excluding ortho intramolecular Hbond substituents is 1. The number of carbonyl (C=O) groups excluding carboxylic acids is 1. The fourth-order valence-electron chi connectivity index (χ4n) is 2.54. The van der Waals surface area contributed by atoms with Gasteiger partial charge in [0.05, 0.1) is 0 Å². The van der Waals surface area contributed by atoms with Crippen molar-refractivity contribution in [2.75, 3.05) is 5.32 Å². The lowest BCUT2D eigenvalue weighted by Gasteiger charge is -2.06. The van der Waals surface area contributed by atoms with E-state index in [0.29, 0.717) is 10.6 Å². The summed E-state index contributed by atoms with van der Waals surface area (Å²) in [6.07, 6.45) is 1.82. The Balaban J connectivity index is 2.13. The molecule has 106 valence electrons. The van der Waals surface area contributed by atoms with Gasteiger partial charge in [-0.25, -0.2) is 0 Å². The molecule has 1 amide bonds. The molecular weight excluding hydrogens is 286 g/mol. The second kappa shape index (κ2) is 4.93. The number of fused-ring (bicyclic) bond motifs is 1. The summed E-state index contributed by atoms with van der Waals surface area (Å²) in [6.45, 7) is 3.67. The topological polar surface area (TPSA) is 49.3 Å². The summed E-state index contributed by atoms with van der Waals surface area (Å²) in [6, 6.07) is 9.03. The van der Waals surface area contributed by atoms with E-state index < -0.39 is 0 Å². The van der Waals surface area contributed by atoms with Gasteiger partial charge in [0.15, 0.2) is 0 Å². The molecule has 0 aromatic heterocycles. The van der Waals surface area contributed by atoms with Crippen molar-refractivity contribution in [2.45, 2.75) is 13.8 Å². The maximum atomic E-state index is 12.1. The molecule has 2 N–H and O–H groups in total. The van der Waals surface area contributed by atoms with E-state index in [0.717, 1.165) is 27.9 Å². The SMILES string of the molecule is Cc1cc(/C=C2/C(=O)Nc3ccc(Cl)cc32)cc(C)c1O. The Morgan fingerprint density at radius 2 is 1.81 bits per heavy atom. The Morgan fingerprint density at radius 1 is 1.14 bits per heavy atom. The van der Waals surface area contributed by atoms with Gasteiger partial charge in [0.2, 0.25) is 0 Å². The zero-order chi connectivity index (χ0) is 15.1. The Kier molecular flexibility index (Phi) is 3.22. The van der Waals surface area contributed by atoms with Crippen LogP contribution in [-0.2, 0) is 4.79 Å². The number of phenols is 1. The standard InChI is InChI=1S/C17H14ClNO2/c1-9-5-11(6-10(2)16(9)20)7-14-13-8-12(18)3-4-15(13)19-17(14)21/h3-8,20H,1-2H3,(H,19,21)/b14-7+. The van der Waals surface area contributed by atoms with Crippen LogP contribution < -0.4 is 5.32 Å². The van der Waals surface area contributed by atoms with Crippen molar-refractivity contribution in [1.82, 2.24) is 0 Å². The van der Waals surface area contributed by atoms with Crippen LogP contribution in [0.25, 0.3) is 11.6 Å². The number of anilines is 1. The smallest absolute Gasteiger partial charge is 0.256 e. The number of rotatable bonds is 1. The second-order valence-corrected chi connectivity index (χ2v) is 5.64. The molecule has 0 saturated heterocycles. The number of hydrogen-bond donors (Lipinski definition) is 2. The Morgan fingerprint density at radius 3 is 2.48 bits per heavy atom. The number of amides is 1. The molecule has 21 heavy (non-hydrogen) atoms. The van der Waals surface area contributed by atoms with Gasteiger partial charge in [-0.2, -0.15) is 0 Å². The summed E-state index contributed by atoms with van der Waals surface area (Å²) < 4.78 is 0. The lowest BCUT2D eigenvalue weighted by molar-refractivity contribution is -0.110. The average Bonchev–Trinajstić information content (AvgIpc) is 2.72. The molecule has 0 unspecified atom stereocenters. The van der Waals surface area contributed by atoms with E-state index in [4.69, 9.17) is 11.6 Å². The number of hydrogen-bond acceptors (Lipinski definition) is 2. The molecule has 0 bridgehead atoms. The third kappa shape index (κ3) is 2.41. The zero-order valence-electron chi connectivity index (χ0n) is 11.7. The molecule has 0 fully saturated rings. The van der Waals surface area contributed by atoms with Crippen molar-refractivity contribution >= 4 is 34.8 Å². The molecule has 4 heteroatoms. The van der Waals surface area contributed by atoms with Crippen LogP contribution in [0, 0.1) is 13.8 Å². The van der Waals surface area contributed by atoms with Crippen LogP contribution in [0.15, 0.2) is 30.3 Å². The van der Waals surface area contributed by atoms with Gasteiger partial charge in [0.25, 0.3) is 5.91 Å². The van der Waals surface area contributed by atoms with E-state index in [9.17, 15) is 9.90 Å². The zero-order valence-corrected chi connectivity index (χ0v) is 12.5. The Hall–Kier alpha value is -2.26. The number of nitrogens with one attached hydrogen (secondary N) is 1.